The molecular weight excluding hydrogens is 659 g/mol. The van der Waals surface area contributed by atoms with Gasteiger partial charge < -0.3 is 9.13 Å². The molecule has 0 saturated heterocycles. The maximum Gasteiger partial charge on any atom is 0.164 e. The summed E-state index contributed by atoms with van der Waals surface area (Å²) >= 11 is 0. The quantitative estimate of drug-likeness (QED) is 0.181. The monoisotopic (exact) mass is 689 g/mol. The lowest BCUT2D eigenvalue weighted by atomic mass is 10.1. The molecule has 0 fully saturated rings. The van der Waals surface area contributed by atoms with E-state index in [1.807, 2.05) is 30.3 Å². The molecule has 0 saturated carbocycles. The van der Waals surface area contributed by atoms with E-state index in [4.69, 9.17) is 15.0 Å². The van der Waals surface area contributed by atoms with Crippen LogP contribution in [-0.2, 0) is 0 Å². The summed E-state index contributed by atoms with van der Waals surface area (Å²) in [5.41, 5.74) is 9.75. The van der Waals surface area contributed by atoms with Crippen LogP contribution in [0.4, 0.5) is 0 Å². The zero-order valence-electron chi connectivity index (χ0n) is 29.1. The van der Waals surface area contributed by atoms with E-state index in [1.54, 1.807) is 0 Å². The van der Waals surface area contributed by atoms with Crippen molar-refractivity contribution in [2.24, 2.45) is 0 Å². The summed E-state index contributed by atoms with van der Waals surface area (Å²) in [7, 11) is 0. The molecule has 0 atom stereocenters. The highest BCUT2D eigenvalue weighted by Crippen LogP contribution is 2.42. The van der Waals surface area contributed by atoms with Crippen LogP contribution in [0, 0.1) is 0 Å². The molecule has 252 valence electrons. The first kappa shape index (κ1) is 30.3. The summed E-state index contributed by atoms with van der Waals surface area (Å²) in [6.07, 6.45) is 0. The SMILES string of the molecule is c1ccc(-c2nc(-c3ccc(-n4c5ccccc5c5ccc6c(c7ccccc7n6-c6ccccc6)c54)cc3)nc(-c3ccc4ccccc4c3)n2)cc1. The molecule has 0 bridgehead atoms. The molecular formula is C49H31N5. The largest absolute Gasteiger partial charge is 0.309 e. The second-order valence-corrected chi connectivity index (χ2v) is 13.7. The van der Waals surface area contributed by atoms with E-state index in [9.17, 15) is 0 Å². The van der Waals surface area contributed by atoms with Crippen molar-refractivity contribution < 1.29 is 0 Å². The molecule has 54 heavy (non-hydrogen) atoms. The Morgan fingerprint density at radius 1 is 0.315 bits per heavy atom. The van der Waals surface area contributed by atoms with Gasteiger partial charge in [0.15, 0.2) is 17.5 Å². The van der Waals surface area contributed by atoms with Crippen LogP contribution >= 0.6 is 0 Å². The Balaban J connectivity index is 1.11. The second-order valence-electron chi connectivity index (χ2n) is 13.7. The maximum atomic E-state index is 5.07. The van der Waals surface area contributed by atoms with Gasteiger partial charge in [0.1, 0.15) is 0 Å². The van der Waals surface area contributed by atoms with Gasteiger partial charge in [-0.05, 0) is 71.4 Å². The first-order valence-electron chi connectivity index (χ1n) is 18.2. The van der Waals surface area contributed by atoms with Crippen molar-refractivity contribution >= 4 is 54.4 Å². The summed E-state index contributed by atoms with van der Waals surface area (Å²) in [4.78, 5) is 15.1. The van der Waals surface area contributed by atoms with Gasteiger partial charge in [0.2, 0.25) is 0 Å². The standard InChI is InChI=1S/C49H31N5/c1-3-14-33(15-4-1)47-50-48(52-49(51-47)36-24-23-32-13-7-8-16-35(32)31-36)34-25-27-38(28-26-34)54-42-21-11-9-19-39(42)40-29-30-44-45(46(40)54)41-20-10-12-22-43(41)53(44)37-17-5-2-6-18-37/h1-31H. The van der Waals surface area contributed by atoms with E-state index < -0.39 is 0 Å². The minimum absolute atomic E-state index is 0.633. The minimum atomic E-state index is 0.633. The zero-order valence-corrected chi connectivity index (χ0v) is 29.1. The van der Waals surface area contributed by atoms with E-state index in [-0.39, 0.29) is 0 Å². The van der Waals surface area contributed by atoms with Crippen LogP contribution < -0.4 is 0 Å². The number of fused-ring (bicyclic) bond motifs is 8. The molecule has 3 aromatic heterocycles. The Labute approximate surface area is 311 Å². The molecule has 0 unspecified atom stereocenters. The third-order valence-electron chi connectivity index (χ3n) is 10.5. The number of benzene rings is 8. The zero-order chi connectivity index (χ0) is 35.6. The highest BCUT2D eigenvalue weighted by atomic mass is 15.0. The normalized spacial score (nSPS) is 11.7. The van der Waals surface area contributed by atoms with Gasteiger partial charge in [0.25, 0.3) is 0 Å². The number of hydrogen-bond donors (Lipinski definition) is 0. The van der Waals surface area contributed by atoms with Gasteiger partial charge >= 0.3 is 0 Å². The first-order chi connectivity index (χ1) is 26.8. The smallest absolute Gasteiger partial charge is 0.164 e. The van der Waals surface area contributed by atoms with Crippen molar-refractivity contribution in [2.75, 3.05) is 0 Å². The maximum absolute atomic E-state index is 5.07. The first-order valence-corrected chi connectivity index (χ1v) is 18.2. The van der Waals surface area contributed by atoms with Crippen molar-refractivity contribution in [2.45, 2.75) is 0 Å². The summed E-state index contributed by atoms with van der Waals surface area (Å²) in [6, 6.07) is 66.2. The van der Waals surface area contributed by atoms with Gasteiger partial charge in [-0.15, -0.1) is 0 Å². The third-order valence-corrected chi connectivity index (χ3v) is 10.5. The summed E-state index contributed by atoms with van der Waals surface area (Å²) < 4.78 is 4.80. The Morgan fingerprint density at radius 3 is 1.59 bits per heavy atom. The topological polar surface area (TPSA) is 48.5 Å². The fourth-order valence-electron chi connectivity index (χ4n) is 8.07. The van der Waals surface area contributed by atoms with Crippen LogP contribution in [0.5, 0.6) is 0 Å². The van der Waals surface area contributed by atoms with Gasteiger partial charge in [-0.3, -0.25) is 0 Å². The second kappa shape index (κ2) is 12.1. The number of rotatable bonds is 5. The van der Waals surface area contributed by atoms with Gasteiger partial charge in [-0.25, -0.2) is 15.0 Å². The minimum Gasteiger partial charge on any atom is -0.309 e. The molecule has 5 nitrogen and oxygen atoms in total. The lowest BCUT2D eigenvalue weighted by molar-refractivity contribution is 1.07. The number of para-hydroxylation sites is 3. The fraction of sp³-hybridized carbons (Fsp3) is 0. The van der Waals surface area contributed by atoms with Crippen molar-refractivity contribution in [3.63, 3.8) is 0 Å². The van der Waals surface area contributed by atoms with Crippen molar-refractivity contribution in [1.82, 2.24) is 24.1 Å². The molecule has 0 aliphatic rings. The van der Waals surface area contributed by atoms with Gasteiger partial charge in [-0.2, -0.15) is 0 Å². The molecule has 8 aromatic carbocycles. The molecule has 3 heterocycles. The highest BCUT2D eigenvalue weighted by Gasteiger charge is 2.21. The van der Waals surface area contributed by atoms with Crippen LogP contribution in [0.15, 0.2) is 188 Å². The van der Waals surface area contributed by atoms with Crippen LogP contribution in [0.2, 0.25) is 0 Å². The fourth-order valence-corrected chi connectivity index (χ4v) is 8.07. The molecule has 0 radical (unpaired) electrons. The highest BCUT2D eigenvalue weighted by molar-refractivity contribution is 6.26. The van der Waals surface area contributed by atoms with E-state index in [0.717, 1.165) is 39.0 Å². The molecule has 11 aromatic rings. The van der Waals surface area contributed by atoms with Gasteiger partial charge in [0.05, 0.1) is 22.1 Å². The Hall–Kier alpha value is -7.37. The van der Waals surface area contributed by atoms with E-state index >= 15 is 0 Å². The average molecular weight is 690 g/mol. The van der Waals surface area contributed by atoms with Crippen molar-refractivity contribution in [3.8, 4) is 45.5 Å². The van der Waals surface area contributed by atoms with Gasteiger partial charge in [0, 0.05) is 49.6 Å². The lowest BCUT2D eigenvalue weighted by Crippen LogP contribution is -2.00. The van der Waals surface area contributed by atoms with E-state index in [1.165, 1.54) is 43.5 Å². The number of hydrogen-bond acceptors (Lipinski definition) is 3. The Kier molecular flexibility index (Phi) is 6.79. The summed E-state index contributed by atoms with van der Waals surface area (Å²) in [5, 5.41) is 7.24. The molecule has 11 rings (SSSR count). The average Bonchev–Trinajstić information content (AvgIpc) is 3.77. The van der Waals surface area contributed by atoms with E-state index in [2.05, 4.69) is 167 Å². The third kappa shape index (κ3) is 4.76. The van der Waals surface area contributed by atoms with Crippen molar-refractivity contribution in [3.05, 3.63) is 188 Å². The molecule has 5 heteroatoms. The number of aromatic nitrogens is 5. The van der Waals surface area contributed by atoms with Crippen molar-refractivity contribution in [1.29, 1.82) is 0 Å². The molecule has 0 aliphatic carbocycles. The predicted molar refractivity (Wildman–Crippen MR) is 222 cm³/mol. The summed E-state index contributed by atoms with van der Waals surface area (Å²) in [5.74, 6) is 1.93. The molecule has 0 aliphatic heterocycles. The number of nitrogens with zero attached hydrogens (tertiary/aromatic N) is 5. The molecule has 0 spiro atoms. The molecule has 0 amide bonds. The van der Waals surface area contributed by atoms with Gasteiger partial charge in [-0.1, -0.05) is 127 Å². The van der Waals surface area contributed by atoms with E-state index in [0.29, 0.717) is 17.5 Å². The van der Waals surface area contributed by atoms with Crippen LogP contribution in [0.25, 0.3) is 99.9 Å². The Morgan fingerprint density at radius 2 is 0.852 bits per heavy atom. The van der Waals surface area contributed by atoms with Crippen LogP contribution in [0.3, 0.4) is 0 Å². The molecule has 0 N–H and O–H groups in total. The summed E-state index contributed by atoms with van der Waals surface area (Å²) in [6.45, 7) is 0. The van der Waals surface area contributed by atoms with Crippen LogP contribution in [-0.4, -0.2) is 24.1 Å². The predicted octanol–water partition coefficient (Wildman–Crippen LogP) is 12.2. The van der Waals surface area contributed by atoms with Crippen LogP contribution in [0.1, 0.15) is 0 Å². The lowest BCUT2D eigenvalue weighted by Gasteiger charge is -2.12. The Bertz CT molecular complexity index is 3200.